The van der Waals surface area contributed by atoms with Crippen LogP contribution in [0.1, 0.15) is 31.1 Å². The molecule has 0 aliphatic heterocycles. The summed E-state index contributed by atoms with van der Waals surface area (Å²) in [5.41, 5.74) is 0.417. The molecule has 19 heavy (non-hydrogen) atoms. The van der Waals surface area contributed by atoms with Crippen LogP contribution < -0.4 is 4.74 Å². The largest absolute Gasteiger partial charge is 0.488 e. The van der Waals surface area contributed by atoms with E-state index < -0.39 is 5.97 Å². The molecule has 0 amide bonds. The van der Waals surface area contributed by atoms with Crippen molar-refractivity contribution >= 4 is 5.97 Å². The third-order valence-electron chi connectivity index (χ3n) is 2.34. The highest BCUT2D eigenvalue weighted by Gasteiger charge is 2.17. The van der Waals surface area contributed by atoms with Crippen LogP contribution in [-0.2, 0) is 0 Å². The van der Waals surface area contributed by atoms with E-state index in [2.05, 4.69) is 5.16 Å². The van der Waals surface area contributed by atoms with Crippen LogP contribution in [0.5, 0.6) is 5.75 Å². The standard InChI is InChI=1S/C14H15NO4/c1-14(2,3)18-10-6-4-9(5-7-10)12-11(13(16)17)8-15-19-12/h4-8H,1-3H3,(H,16,17). The number of carbonyl (C=O) groups is 1. The van der Waals surface area contributed by atoms with Gasteiger partial charge in [0.2, 0.25) is 0 Å². The zero-order chi connectivity index (χ0) is 14.0. The number of aromatic carboxylic acids is 1. The molecule has 0 bridgehead atoms. The molecule has 1 N–H and O–H groups in total. The molecule has 5 nitrogen and oxygen atoms in total. The minimum Gasteiger partial charge on any atom is -0.488 e. The number of benzene rings is 1. The highest BCUT2D eigenvalue weighted by molar-refractivity contribution is 5.93. The molecule has 5 heteroatoms. The van der Waals surface area contributed by atoms with E-state index in [1.807, 2.05) is 20.8 Å². The van der Waals surface area contributed by atoms with Crippen molar-refractivity contribution in [3.63, 3.8) is 0 Å². The molecule has 1 aromatic heterocycles. The Balaban J connectivity index is 2.28. The van der Waals surface area contributed by atoms with E-state index in [4.69, 9.17) is 14.4 Å². The van der Waals surface area contributed by atoms with Crippen LogP contribution >= 0.6 is 0 Å². The van der Waals surface area contributed by atoms with Crippen molar-refractivity contribution in [1.82, 2.24) is 5.16 Å². The molecule has 0 fully saturated rings. The maximum atomic E-state index is 11.0. The first-order chi connectivity index (χ1) is 8.87. The van der Waals surface area contributed by atoms with E-state index in [-0.39, 0.29) is 16.9 Å². The maximum Gasteiger partial charge on any atom is 0.341 e. The lowest BCUT2D eigenvalue weighted by atomic mass is 10.1. The third-order valence-corrected chi connectivity index (χ3v) is 2.34. The quantitative estimate of drug-likeness (QED) is 0.918. The Bertz CT molecular complexity index is 578. The van der Waals surface area contributed by atoms with E-state index in [0.717, 1.165) is 0 Å². The first-order valence-corrected chi connectivity index (χ1v) is 5.84. The molecule has 2 rings (SSSR count). The van der Waals surface area contributed by atoms with E-state index in [1.54, 1.807) is 24.3 Å². The molecule has 0 aliphatic carbocycles. The maximum absolute atomic E-state index is 11.0. The number of carboxylic acid groups (broad SMARTS) is 1. The second-order valence-corrected chi connectivity index (χ2v) is 5.11. The van der Waals surface area contributed by atoms with Crippen LogP contribution in [0.4, 0.5) is 0 Å². The van der Waals surface area contributed by atoms with Crippen LogP contribution in [-0.4, -0.2) is 21.8 Å². The Morgan fingerprint density at radius 1 is 1.26 bits per heavy atom. The molecule has 0 unspecified atom stereocenters. The summed E-state index contributed by atoms with van der Waals surface area (Å²) in [7, 11) is 0. The SMILES string of the molecule is CC(C)(C)Oc1ccc(-c2oncc2C(=O)O)cc1. The average Bonchev–Trinajstić information content (AvgIpc) is 2.76. The van der Waals surface area contributed by atoms with Crippen molar-refractivity contribution in [3.05, 3.63) is 36.0 Å². The fourth-order valence-electron chi connectivity index (χ4n) is 1.63. The van der Waals surface area contributed by atoms with Gasteiger partial charge < -0.3 is 14.4 Å². The molecule has 100 valence electrons. The van der Waals surface area contributed by atoms with E-state index >= 15 is 0 Å². The van der Waals surface area contributed by atoms with E-state index in [0.29, 0.717) is 11.3 Å². The first-order valence-electron chi connectivity index (χ1n) is 5.84. The lowest BCUT2D eigenvalue weighted by molar-refractivity contribution is 0.0697. The first kappa shape index (κ1) is 13.1. The molecule has 1 heterocycles. The summed E-state index contributed by atoms with van der Waals surface area (Å²) in [4.78, 5) is 11.0. The number of carboxylic acids is 1. The molecular weight excluding hydrogens is 246 g/mol. The van der Waals surface area contributed by atoms with E-state index in [9.17, 15) is 4.79 Å². The summed E-state index contributed by atoms with van der Waals surface area (Å²) in [6, 6.07) is 7.03. The predicted molar refractivity (Wildman–Crippen MR) is 69.3 cm³/mol. The Kier molecular flexibility index (Phi) is 3.29. The van der Waals surface area contributed by atoms with Crippen molar-refractivity contribution < 1.29 is 19.2 Å². The van der Waals surface area contributed by atoms with Gasteiger partial charge in [-0.15, -0.1) is 0 Å². The fourth-order valence-corrected chi connectivity index (χ4v) is 1.63. The second-order valence-electron chi connectivity index (χ2n) is 5.11. The molecule has 0 spiro atoms. The van der Waals surface area contributed by atoms with Gasteiger partial charge in [-0.05, 0) is 45.0 Å². The Hall–Kier alpha value is -2.30. The van der Waals surface area contributed by atoms with Crippen LogP contribution in [0, 0.1) is 0 Å². The Morgan fingerprint density at radius 3 is 2.42 bits per heavy atom. The van der Waals surface area contributed by atoms with Gasteiger partial charge in [0, 0.05) is 5.56 Å². The Morgan fingerprint density at radius 2 is 1.89 bits per heavy atom. The van der Waals surface area contributed by atoms with Gasteiger partial charge in [-0.1, -0.05) is 5.16 Å². The monoisotopic (exact) mass is 261 g/mol. The fraction of sp³-hybridized carbons (Fsp3) is 0.286. The number of rotatable bonds is 3. The van der Waals surface area contributed by atoms with E-state index in [1.165, 1.54) is 6.20 Å². The number of hydrogen-bond acceptors (Lipinski definition) is 4. The zero-order valence-corrected chi connectivity index (χ0v) is 11.0. The topological polar surface area (TPSA) is 72.6 Å². The smallest absolute Gasteiger partial charge is 0.341 e. The number of nitrogens with zero attached hydrogens (tertiary/aromatic N) is 1. The molecule has 0 aliphatic rings. The summed E-state index contributed by atoms with van der Waals surface area (Å²) in [5.74, 6) is -0.103. The van der Waals surface area contributed by atoms with Crippen LogP contribution in [0.15, 0.2) is 35.0 Å². The highest BCUT2D eigenvalue weighted by Crippen LogP contribution is 2.27. The average molecular weight is 261 g/mol. The molecule has 1 aromatic carbocycles. The van der Waals surface area contributed by atoms with Crippen molar-refractivity contribution in [1.29, 1.82) is 0 Å². The molecule has 0 saturated carbocycles. The van der Waals surface area contributed by atoms with Crippen molar-refractivity contribution in [2.75, 3.05) is 0 Å². The summed E-state index contributed by atoms with van der Waals surface area (Å²) in [6.07, 6.45) is 1.19. The highest BCUT2D eigenvalue weighted by atomic mass is 16.5. The van der Waals surface area contributed by atoms with Gasteiger partial charge in [-0.2, -0.15) is 0 Å². The lowest BCUT2D eigenvalue weighted by Crippen LogP contribution is -2.22. The van der Waals surface area contributed by atoms with Gasteiger partial charge in [0.15, 0.2) is 5.76 Å². The van der Waals surface area contributed by atoms with Crippen LogP contribution in [0.25, 0.3) is 11.3 Å². The lowest BCUT2D eigenvalue weighted by Gasteiger charge is -2.21. The molecule has 0 radical (unpaired) electrons. The summed E-state index contributed by atoms with van der Waals surface area (Å²) in [6.45, 7) is 5.87. The minimum atomic E-state index is -1.06. The van der Waals surface area contributed by atoms with Crippen LogP contribution in [0.3, 0.4) is 0 Å². The van der Waals surface area contributed by atoms with Crippen molar-refractivity contribution in [3.8, 4) is 17.1 Å². The summed E-state index contributed by atoms with van der Waals surface area (Å²) in [5, 5.41) is 12.5. The van der Waals surface area contributed by atoms with Gasteiger partial charge >= 0.3 is 5.97 Å². The molecule has 2 aromatic rings. The van der Waals surface area contributed by atoms with Crippen molar-refractivity contribution in [2.24, 2.45) is 0 Å². The predicted octanol–water partition coefficient (Wildman–Crippen LogP) is 3.22. The molecule has 0 saturated heterocycles. The summed E-state index contributed by atoms with van der Waals surface area (Å²) < 4.78 is 10.7. The second kappa shape index (κ2) is 4.76. The zero-order valence-electron chi connectivity index (χ0n) is 11.0. The summed E-state index contributed by atoms with van der Waals surface area (Å²) >= 11 is 0. The number of aromatic nitrogens is 1. The number of hydrogen-bond donors (Lipinski definition) is 1. The molecular formula is C14H15NO4. The van der Waals surface area contributed by atoms with Gasteiger partial charge in [0.1, 0.15) is 16.9 Å². The van der Waals surface area contributed by atoms with Crippen LogP contribution in [0.2, 0.25) is 0 Å². The van der Waals surface area contributed by atoms with Gasteiger partial charge in [0.25, 0.3) is 0 Å². The van der Waals surface area contributed by atoms with Gasteiger partial charge in [0.05, 0.1) is 6.20 Å². The van der Waals surface area contributed by atoms with Gasteiger partial charge in [-0.25, -0.2) is 4.79 Å². The third kappa shape index (κ3) is 3.13. The Labute approximate surface area is 110 Å². The number of ether oxygens (including phenoxy) is 1. The molecule has 0 atom stereocenters. The normalized spacial score (nSPS) is 11.3. The van der Waals surface area contributed by atoms with Gasteiger partial charge in [-0.3, -0.25) is 0 Å². The minimum absolute atomic E-state index is 0.0458. The van der Waals surface area contributed by atoms with Crippen molar-refractivity contribution in [2.45, 2.75) is 26.4 Å².